The molecule has 32 heavy (non-hydrogen) atoms. The smallest absolute Gasteiger partial charge is 0.254 e. The largest absolute Gasteiger partial charge is 0.352 e. The van der Waals surface area contributed by atoms with Crippen LogP contribution in [0.15, 0.2) is 42.7 Å². The van der Waals surface area contributed by atoms with Crippen LogP contribution >= 0.6 is 0 Å². The molecule has 8 heteroatoms. The molecule has 8 nitrogen and oxygen atoms in total. The Bertz CT molecular complexity index is 915. The Kier molecular flexibility index (Phi) is 11.8. The van der Waals surface area contributed by atoms with E-state index in [0.29, 0.717) is 24.7 Å². The van der Waals surface area contributed by atoms with Gasteiger partial charge in [-0.1, -0.05) is 12.1 Å². The Morgan fingerprint density at radius 2 is 1.78 bits per heavy atom. The number of hydrogen-bond acceptors (Lipinski definition) is 6. The van der Waals surface area contributed by atoms with Gasteiger partial charge in [0.2, 0.25) is 5.91 Å². The molecule has 2 rings (SSSR count). The van der Waals surface area contributed by atoms with E-state index >= 15 is 0 Å². The second-order valence-corrected chi connectivity index (χ2v) is 7.05. The van der Waals surface area contributed by atoms with Crippen LogP contribution in [0.5, 0.6) is 0 Å². The lowest BCUT2D eigenvalue weighted by Crippen LogP contribution is -2.36. The van der Waals surface area contributed by atoms with E-state index in [9.17, 15) is 19.2 Å². The molecule has 0 saturated heterocycles. The molecule has 0 aliphatic heterocycles. The molecule has 0 fully saturated rings. The van der Waals surface area contributed by atoms with Crippen LogP contribution in [0.25, 0.3) is 0 Å². The fraction of sp³-hybridized carbons (Fsp3) is 0.333. The number of amides is 2. The molecule has 0 bridgehead atoms. The van der Waals surface area contributed by atoms with E-state index < -0.39 is 0 Å². The van der Waals surface area contributed by atoms with Crippen LogP contribution in [0, 0.1) is 0 Å². The van der Waals surface area contributed by atoms with Crippen LogP contribution in [0.3, 0.4) is 0 Å². The number of carbonyl (C=O) groups is 5. The van der Waals surface area contributed by atoms with Crippen LogP contribution in [0.4, 0.5) is 0 Å². The van der Waals surface area contributed by atoms with Crippen LogP contribution in [-0.2, 0) is 27.3 Å². The van der Waals surface area contributed by atoms with E-state index in [4.69, 9.17) is 4.79 Å². The van der Waals surface area contributed by atoms with Crippen molar-refractivity contribution < 1.29 is 24.0 Å². The zero-order chi connectivity index (χ0) is 23.9. The summed E-state index contributed by atoms with van der Waals surface area (Å²) in [6.07, 6.45) is 6.57. The SMILES string of the molecule is CC(CCC=O)N(C)C(=O)c1cccc(CNC(=O)Cc2ccncc2)c1C=O.CC=O. The average molecular weight is 440 g/mol. The first-order chi connectivity index (χ1) is 15.4. The summed E-state index contributed by atoms with van der Waals surface area (Å²) in [6, 6.07) is 8.37. The fourth-order valence-corrected chi connectivity index (χ4v) is 2.93. The second kappa shape index (κ2) is 14.3. The minimum absolute atomic E-state index is 0.142. The minimum Gasteiger partial charge on any atom is -0.352 e. The molecule has 0 aliphatic carbocycles. The average Bonchev–Trinajstić information content (AvgIpc) is 2.81. The summed E-state index contributed by atoms with van der Waals surface area (Å²) >= 11 is 0. The number of benzene rings is 1. The van der Waals surface area contributed by atoms with Crippen molar-refractivity contribution in [2.45, 2.75) is 45.7 Å². The zero-order valence-electron chi connectivity index (χ0n) is 18.6. The summed E-state index contributed by atoms with van der Waals surface area (Å²) in [5.74, 6) is -0.486. The first-order valence-electron chi connectivity index (χ1n) is 10.2. The first-order valence-corrected chi connectivity index (χ1v) is 10.2. The highest BCUT2D eigenvalue weighted by Gasteiger charge is 2.21. The van der Waals surface area contributed by atoms with Gasteiger partial charge in [0.15, 0.2) is 6.29 Å². The predicted molar refractivity (Wildman–Crippen MR) is 120 cm³/mol. The Hall–Kier alpha value is -3.68. The number of hydrogen-bond donors (Lipinski definition) is 1. The maximum atomic E-state index is 12.8. The molecule has 0 aliphatic rings. The maximum Gasteiger partial charge on any atom is 0.254 e. The van der Waals surface area contributed by atoms with Crippen molar-refractivity contribution in [3.05, 3.63) is 65.0 Å². The van der Waals surface area contributed by atoms with Crippen molar-refractivity contribution in [2.24, 2.45) is 0 Å². The van der Waals surface area contributed by atoms with Gasteiger partial charge in [-0.05, 0) is 49.6 Å². The third-order valence-electron chi connectivity index (χ3n) is 4.82. The molecule has 0 spiro atoms. The molecule has 2 aromatic rings. The van der Waals surface area contributed by atoms with E-state index in [1.165, 1.54) is 11.8 Å². The summed E-state index contributed by atoms with van der Waals surface area (Å²) in [6.45, 7) is 3.44. The lowest BCUT2D eigenvalue weighted by molar-refractivity contribution is -0.120. The lowest BCUT2D eigenvalue weighted by Gasteiger charge is -2.25. The van der Waals surface area contributed by atoms with E-state index in [2.05, 4.69) is 10.3 Å². The number of carbonyl (C=O) groups excluding carboxylic acids is 5. The van der Waals surface area contributed by atoms with Gasteiger partial charge in [0.1, 0.15) is 12.6 Å². The Labute approximate surface area is 188 Å². The predicted octanol–water partition coefficient (Wildman–Crippen LogP) is 2.40. The molecular formula is C24H29N3O5. The van der Waals surface area contributed by atoms with Crippen molar-refractivity contribution in [1.82, 2.24) is 15.2 Å². The van der Waals surface area contributed by atoms with Crippen molar-refractivity contribution in [3.63, 3.8) is 0 Å². The van der Waals surface area contributed by atoms with Gasteiger partial charge < -0.3 is 19.8 Å². The molecule has 1 heterocycles. The molecule has 1 N–H and O–H groups in total. The maximum absolute atomic E-state index is 12.8. The molecular weight excluding hydrogens is 410 g/mol. The van der Waals surface area contributed by atoms with Crippen molar-refractivity contribution in [3.8, 4) is 0 Å². The van der Waals surface area contributed by atoms with Crippen LogP contribution < -0.4 is 5.32 Å². The van der Waals surface area contributed by atoms with Gasteiger partial charge in [-0.15, -0.1) is 0 Å². The number of nitrogens with one attached hydrogen (secondary N) is 1. The minimum atomic E-state index is -0.296. The highest BCUT2D eigenvalue weighted by atomic mass is 16.2. The molecule has 1 aromatic heterocycles. The van der Waals surface area contributed by atoms with Crippen LogP contribution in [0.2, 0.25) is 0 Å². The van der Waals surface area contributed by atoms with Crippen molar-refractivity contribution in [2.75, 3.05) is 7.05 Å². The van der Waals surface area contributed by atoms with Crippen LogP contribution in [-0.4, -0.2) is 53.6 Å². The number of pyridine rings is 1. The first kappa shape index (κ1) is 26.4. The molecule has 1 unspecified atom stereocenters. The number of nitrogens with zero attached hydrogens (tertiary/aromatic N) is 2. The molecule has 170 valence electrons. The van der Waals surface area contributed by atoms with Crippen molar-refractivity contribution >= 4 is 30.7 Å². The van der Waals surface area contributed by atoms with Gasteiger partial charge in [0.05, 0.1) is 12.0 Å². The van der Waals surface area contributed by atoms with Gasteiger partial charge in [0, 0.05) is 44.0 Å². The van der Waals surface area contributed by atoms with Gasteiger partial charge in [0.25, 0.3) is 5.91 Å². The van der Waals surface area contributed by atoms with Gasteiger partial charge >= 0.3 is 0 Å². The van der Waals surface area contributed by atoms with E-state index in [0.717, 1.165) is 18.1 Å². The molecule has 2 amide bonds. The van der Waals surface area contributed by atoms with E-state index in [1.807, 2.05) is 6.92 Å². The van der Waals surface area contributed by atoms with Gasteiger partial charge in [-0.3, -0.25) is 19.4 Å². The summed E-state index contributed by atoms with van der Waals surface area (Å²) in [5, 5.41) is 2.79. The summed E-state index contributed by atoms with van der Waals surface area (Å²) in [7, 11) is 1.65. The third-order valence-corrected chi connectivity index (χ3v) is 4.82. The van der Waals surface area contributed by atoms with E-state index in [1.54, 1.807) is 49.8 Å². The fourth-order valence-electron chi connectivity index (χ4n) is 2.93. The Balaban J connectivity index is 0.00000161. The molecule has 1 aromatic carbocycles. The molecule has 0 saturated carbocycles. The highest BCUT2D eigenvalue weighted by molar-refractivity contribution is 6.02. The van der Waals surface area contributed by atoms with E-state index in [-0.39, 0.29) is 41.9 Å². The molecule has 1 atom stereocenters. The standard InChI is InChI=1S/C22H25N3O4.C2H4O/c1-16(5-4-12-26)25(2)22(29)19-7-3-6-18(20(19)15-27)14-24-21(28)13-17-8-10-23-11-9-17;1-2-3/h3,6-12,15-16H,4-5,13-14H2,1-2H3,(H,24,28);2H,1H3. The summed E-state index contributed by atoms with van der Waals surface area (Å²) in [4.78, 5) is 61.6. The number of aromatic nitrogens is 1. The zero-order valence-corrected chi connectivity index (χ0v) is 18.6. The third kappa shape index (κ3) is 8.22. The second-order valence-electron chi connectivity index (χ2n) is 7.05. The van der Waals surface area contributed by atoms with Gasteiger partial charge in [-0.2, -0.15) is 0 Å². The number of rotatable bonds is 10. The van der Waals surface area contributed by atoms with Crippen molar-refractivity contribution in [1.29, 1.82) is 0 Å². The lowest BCUT2D eigenvalue weighted by atomic mass is 10.00. The summed E-state index contributed by atoms with van der Waals surface area (Å²) < 4.78 is 0. The Morgan fingerprint density at radius 3 is 2.38 bits per heavy atom. The van der Waals surface area contributed by atoms with Crippen LogP contribution in [0.1, 0.15) is 58.5 Å². The highest BCUT2D eigenvalue weighted by Crippen LogP contribution is 2.17. The summed E-state index contributed by atoms with van der Waals surface area (Å²) in [5.41, 5.74) is 1.95. The quantitative estimate of drug-likeness (QED) is 0.569. The topological polar surface area (TPSA) is 114 Å². The number of aldehydes is 3. The normalized spacial score (nSPS) is 10.7. The Morgan fingerprint density at radius 1 is 1.12 bits per heavy atom. The monoisotopic (exact) mass is 439 g/mol. The van der Waals surface area contributed by atoms with Gasteiger partial charge in [-0.25, -0.2) is 0 Å². The molecule has 0 radical (unpaired) electrons.